The van der Waals surface area contributed by atoms with Crippen molar-refractivity contribution in [1.29, 1.82) is 0 Å². The molecular weight excluding hydrogens is 248 g/mol. The first-order valence-corrected chi connectivity index (χ1v) is 7.95. The highest BCUT2D eigenvalue weighted by atomic mass is 32.2. The van der Waals surface area contributed by atoms with Crippen LogP contribution in [0.2, 0.25) is 0 Å². The summed E-state index contributed by atoms with van der Waals surface area (Å²) in [5.41, 5.74) is 0. The van der Waals surface area contributed by atoms with Gasteiger partial charge in [0.15, 0.2) is 0 Å². The van der Waals surface area contributed by atoms with Crippen LogP contribution in [0.5, 0.6) is 0 Å². The lowest BCUT2D eigenvalue weighted by atomic mass is 10.1. The minimum absolute atomic E-state index is 0.386. The summed E-state index contributed by atoms with van der Waals surface area (Å²) in [7, 11) is -0.613. The van der Waals surface area contributed by atoms with Gasteiger partial charge in [0.05, 0.1) is 0 Å². The van der Waals surface area contributed by atoms with Gasteiger partial charge >= 0.3 is 0 Å². The fraction of sp³-hybridized carbons (Fsp3) is 0.667. The maximum absolute atomic E-state index is 11.3. The molecule has 2 heterocycles. The molecule has 0 aromatic carbocycles. The summed E-state index contributed by atoms with van der Waals surface area (Å²) < 4.78 is 11.3. The van der Waals surface area contributed by atoms with Gasteiger partial charge in [-0.2, -0.15) is 4.98 Å². The van der Waals surface area contributed by atoms with Crippen molar-refractivity contribution < 1.29 is 4.21 Å². The van der Waals surface area contributed by atoms with Crippen LogP contribution in [0.15, 0.2) is 12.3 Å². The molecule has 5 nitrogen and oxygen atoms in total. The van der Waals surface area contributed by atoms with Gasteiger partial charge in [0.25, 0.3) is 0 Å². The summed E-state index contributed by atoms with van der Waals surface area (Å²) in [6.07, 6.45) is 4.71. The summed E-state index contributed by atoms with van der Waals surface area (Å²) in [5, 5.41) is 6.56. The van der Waals surface area contributed by atoms with E-state index in [-0.39, 0.29) is 0 Å². The Morgan fingerprint density at radius 1 is 1.44 bits per heavy atom. The standard InChI is InChI=1S/C12H20N4OS/c1-2-6-13-12-14-7-3-11(16-12)15-10-4-8-18(17)9-5-10/h3,7,10H,2,4-6,8-9H2,1H3,(H2,13,14,15,16). The van der Waals surface area contributed by atoms with Crippen LogP contribution in [-0.2, 0) is 10.8 Å². The number of aromatic nitrogens is 2. The van der Waals surface area contributed by atoms with Gasteiger partial charge in [-0.05, 0) is 25.3 Å². The molecule has 6 heteroatoms. The highest BCUT2D eigenvalue weighted by Gasteiger charge is 2.17. The van der Waals surface area contributed by atoms with E-state index in [0.29, 0.717) is 12.0 Å². The van der Waals surface area contributed by atoms with Crippen molar-refractivity contribution in [3.63, 3.8) is 0 Å². The molecule has 0 atom stereocenters. The molecule has 1 saturated heterocycles. The van der Waals surface area contributed by atoms with E-state index in [1.807, 2.05) is 6.07 Å². The van der Waals surface area contributed by atoms with Gasteiger partial charge < -0.3 is 10.6 Å². The SMILES string of the molecule is CCCNc1nccc(NC2CCS(=O)CC2)n1. The molecule has 1 aliphatic heterocycles. The zero-order chi connectivity index (χ0) is 12.8. The Labute approximate surface area is 110 Å². The Kier molecular flexibility index (Phi) is 4.92. The van der Waals surface area contributed by atoms with E-state index in [9.17, 15) is 4.21 Å². The molecule has 2 N–H and O–H groups in total. The molecule has 0 unspecified atom stereocenters. The molecule has 1 aliphatic rings. The Hall–Kier alpha value is -1.17. The normalized spacial score (nSPS) is 23.6. The van der Waals surface area contributed by atoms with Crippen LogP contribution in [0.4, 0.5) is 11.8 Å². The lowest BCUT2D eigenvalue weighted by Crippen LogP contribution is -2.29. The summed E-state index contributed by atoms with van der Waals surface area (Å²) >= 11 is 0. The fourth-order valence-corrected chi connectivity index (χ4v) is 3.21. The molecule has 2 rings (SSSR count). The molecular formula is C12H20N4OS. The second-order valence-corrected chi connectivity index (χ2v) is 6.16. The molecule has 1 aromatic rings. The maximum atomic E-state index is 11.3. The third-order valence-electron chi connectivity index (χ3n) is 2.93. The van der Waals surface area contributed by atoms with Crippen LogP contribution in [0, 0.1) is 0 Å². The Bertz CT molecular complexity index is 403. The number of nitrogens with one attached hydrogen (secondary N) is 2. The largest absolute Gasteiger partial charge is 0.367 e. The molecule has 18 heavy (non-hydrogen) atoms. The van der Waals surface area contributed by atoms with Crippen molar-refractivity contribution in [1.82, 2.24) is 9.97 Å². The lowest BCUT2D eigenvalue weighted by Gasteiger charge is -2.23. The van der Waals surface area contributed by atoms with Crippen molar-refractivity contribution >= 4 is 22.6 Å². The molecule has 0 aliphatic carbocycles. The van der Waals surface area contributed by atoms with E-state index in [1.165, 1.54) is 0 Å². The van der Waals surface area contributed by atoms with Crippen LogP contribution in [0.1, 0.15) is 26.2 Å². The quantitative estimate of drug-likeness (QED) is 0.849. The molecule has 1 fully saturated rings. The predicted molar refractivity (Wildman–Crippen MR) is 75.3 cm³/mol. The highest BCUT2D eigenvalue weighted by molar-refractivity contribution is 7.85. The number of anilines is 2. The van der Waals surface area contributed by atoms with Crippen LogP contribution >= 0.6 is 0 Å². The molecule has 0 radical (unpaired) electrons. The second kappa shape index (κ2) is 6.68. The minimum atomic E-state index is -0.613. The van der Waals surface area contributed by atoms with Crippen LogP contribution < -0.4 is 10.6 Å². The van der Waals surface area contributed by atoms with Gasteiger partial charge in [-0.25, -0.2) is 4.98 Å². The third kappa shape index (κ3) is 3.94. The van der Waals surface area contributed by atoms with E-state index < -0.39 is 10.8 Å². The average molecular weight is 268 g/mol. The van der Waals surface area contributed by atoms with E-state index >= 15 is 0 Å². The Morgan fingerprint density at radius 3 is 2.94 bits per heavy atom. The van der Waals surface area contributed by atoms with Crippen molar-refractivity contribution in [3.05, 3.63) is 12.3 Å². The van der Waals surface area contributed by atoms with Crippen LogP contribution in [0.25, 0.3) is 0 Å². The van der Waals surface area contributed by atoms with Gasteiger partial charge in [-0.3, -0.25) is 4.21 Å². The summed E-state index contributed by atoms with van der Waals surface area (Å²) in [5.74, 6) is 3.11. The predicted octanol–water partition coefficient (Wildman–Crippen LogP) is 1.62. The van der Waals surface area contributed by atoms with Gasteiger partial charge in [-0.1, -0.05) is 6.92 Å². The van der Waals surface area contributed by atoms with E-state index in [1.54, 1.807) is 6.20 Å². The van der Waals surface area contributed by atoms with Gasteiger partial charge in [0, 0.05) is 41.1 Å². The smallest absolute Gasteiger partial charge is 0.224 e. The Morgan fingerprint density at radius 2 is 2.22 bits per heavy atom. The number of nitrogens with zero attached hydrogens (tertiary/aromatic N) is 2. The van der Waals surface area contributed by atoms with Gasteiger partial charge in [0.2, 0.25) is 5.95 Å². The number of hydrogen-bond acceptors (Lipinski definition) is 5. The van der Waals surface area contributed by atoms with E-state index in [0.717, 1.165) is 43.1 Å². The Balaban J connectivity index is 1.90. The van der Waals surface area contributed by atoms with Gasteiger partial charge in [-0.15, -0.1) is 0 Å². The monoisotopic (exact) mass is 268 g/mol. The van der Waals surface area contributed by atoms with Crippen molar-refractivity contribution in [3.8, 4) is 0 Å². The van der Waals surface area contributed by atoms with Gasteiger partial charge in [0.1, 0.15) is 5.82 Å². The summed E-state index contributed by atoms with van der Waals surface area (Å²) in [6.45, 7) is 2.99. The second-order valence-electron chi connectivity index (χ2n) is 4.46. The zero-order valence-corrected chi connectivity index (χ0v) is 11.5. The van der Waals surface area contributed by atoms with Crippen LogP contribution in [0.3, 0.4) is 0 Å². The first-order valence-electron chi connectivity index (χ1n) is 6.46. The highest BCUT2D eigenvalue weighted by Crippen LogP contribution is 2.15. The number of hydrogen-bond donors (Lipinski definition) is 2. The summed E-state index contributed by atoms with van der Waals surface area (Å²) in [4.78, 5) is 8.59. The van der Waals surface area contributed by atoms with E-state index in [4.69, 9.17) is 0 Å². The maximum Gasteiger partial charge on any atom is 0.224 e. The first kappa shape index (κ1) is 13.3. The molecule has 0 saturated carbocycles. The molecule has 0 amide bonds. The number of rotatable bonds is 5. The van der Waals surface area contributed by atoms with Crippen molar-refractivity contribution in [2.45, 2.75) is 32.2 Å². The molecule has 100 valence electrons. The zero-order valence-electron chi connectivity index (χ0n) is 10.7. The van der Waals surface area contributed by atoms with E-state index in [2.05, 4.69) is 27.5 Å². The van der Waals surface area contributed by atoms with Crippen LogP contribution in [-0.4, -0.2) is 38.3 Å². The first-order chi connectivity index (χ1) is 8.78. The topological polar surface area (TPSA) is 66.9 Å². The van der Waals surface area contributed by atoms with Crippen molar-refractivity contribution in [2.75, 3.05) is 28.7 Å². The molecule has 0 spiro atoms. The molecule has 0 bridgehead atoms. The minimum Gasteiger partial charge on any atom is -0.367 e. The summed E-state index contributed by atoms with van der Waals surface area (Å²) in [6, 6.07) is 2.26. The molecule has 1 aromatic heterocycles. The average Bonchev–Trinajstić information content (AvgIpc) is 2.40. The lowest BCUT2D eigenvalue weighted by molar-refractivity contribution is 0.622. The fourth-order valence-electron chi connectivity index (χ4n) is 1.91. The van der Waals surface area contributed by atoms with Crippen molar-refractivity contribution in [2.24, 2.45) is 0 Å². The third-order valence-corrected chi connectivity index (χ3v) is 4.31.